The van der Waals surface area contributed by atoms with Gasteiger partial charge in [-0.15, -0.1) is 0 Å². The fraction of sp³-hybridized carbons (Fsp3) is 0.409. The molecular weight excluding hydrogens is 341 g/mol. The van der Waals surface area contributed by atoms with Crippen molar-refractivity contribution in [3.05, 3.63) is 71.0 Å². The Labute approximate surface area is 158 Å². The Bertz CT molecular complexity index is 877. The number of carbonyl (C=O) groups excluding carboxylic acids is 1. The van der Waals surface area contributed by atoms with Gasteiger partial charge in [0.05, 0.1) is 6.04 Å². The first-order valence-corrected chi connectivity index (χ1v) is 9.74. The van der Waals surface area contributed by atoms with E-state index in [9.17, 15) is 9.18 Å². The maximum Gasteiger partial charge on any atom is 0.318 e. The zero-order valence-corrected chi connectivity index (χ0v) is 15.2. The topological polar surface area (TPSA) is 58.4 Å². The minimum atomic E-state index is -0.266. The second-order valence-electron chi connectivity index (χ2n) is 8.17. The molecule has 0 saturated heterocycles. The fourth-order valence-electron chi connectivity index (χ4n) is 4.91. The second kappa shape index (κ2) is 6.06. The van der Waals surface area contributed by atoms with Crippen LogP contribution in [0.15, 0.2) is 48.5 Å². The summed E-state index contributed by atoms with van der Waals surface area (Å²) in [6.45, 7) is 0.649. The molecule has 0 radical (unpaired) electrons. The summed E-state index contributed by atoms with van der Waals surface area (Å²) in [7, 11) is 0. The molecule has 1 spiro atoms. The third-order valence-corrected chi connectivity index (χ3v) is 6.78. The molecule has 140 valence electrons. The summed E-state index contributed by atoms with van der Waals surface area (Å²) in [5, 5.41) is 3.24. The van der Waals surface area contributed by atoms with Crippen LogP contribution >= 0.6 is 0 Å². The second-order valence-corrected chi connectivity index (χ2v) is 8.17. The molecular formula is C22H24FN3O. The van der Waals surface area contributed by atoms with Crippen LogP contribution in [-0.2, 0) is 6.42 Å². The number of hydrogen-bond donors (Lipinski definition) is 2. The minimum Gasteiger partial charge on any atom is -0.335 e. The standard InChI is InChI=1S/C22H24FN3O/c23-16-7-5-15(6-8-16)20-17-4-2-1-3-14(17)9-12-26(20)21(27)25-19-13-18(24)22(19)10-11-22/h1-8,18-20H,9-13,24H2,(H,25,27)/t18-,19-,20-/m0/s1. The number of amides is 2. The summed E-state index contributed by atoms with van der Waals surface area (Å²) >= 11 is 0. The van der Waals surface area contributed by atoms with Crippen molar-refractivity contribution in [1.82, 2.24) is 10.2 Å². The van der Waals surface area contributed by atoms with E-state index in [1.807, 2.05) is 17.0 Å². The smallest absolute Gasteiger partial charge is 0.318 e. The van der Waals surface area contributed by atoms with E-state index < -0.39 is 0 Å². The van der Waals surface area contributed by atoms with E-state index in [1.54, 1.807) is 12.1 Å². The predicted molar refractivity (Wildman–Crippen MR) is 102 cm³/mol. The van der Waals surface area contributed by atoms with Crippen molar-refractivity contribution in [2.45, 2.75) is 43.8 Å². The molecule has 3 atom stereocenters. The number of rotatable bonds is 2. The third kappa shape index (κ3) is 2.64. The molecule has 2 aliphatic carbocycles. The number of halogens is 1. The Kier molecular flexibility index (Phi) is 3.76. The molecule has 2 amide bonds. The number of fused-ring (bicyclic) bond motifs is 1. The third-order valence-electron chi connectivity index (χ3n) is 6.78. The quantitative estimate of drug-likeness (QED) is 0.857. The number of carbonyl (C=O) groups is 1. The van der Waals surface area contributed by atoms with Crippen LogP contribution in [0, 0.1) is 11.2 Å². The number of nitrogens with zero attached hydrogens (tertiary/aromatic N) is 1. The van der Waals surface area contributed by atoms with Crippen molar-refractivity contribution in [2.24, 2.45) is 11.1 Å². The zero-order valence-electron chi connectivity index (χ0n) is 15.2. The average molecular weight is 365 g/mol. The van der Waals surface area contributed by atoms with Gasteiger partial charge in [0.25, 0.3) is 0 Å². The van der Waals surface area contributed by atoms with Gasteiger partial charge in [-0.2, -0.15) is 0 Å². The minimum absolute atomic E-state index is 0.0398. The van der Waals surface area contributed by atoms with Crippen molar-refractivity contribution < 1.29 is 9.18 Å². The zero-order chi connectivity index (χ0) is 18.6. The highest BCUT2D eigenvalue weighted by Crippen LogP contribution is 2.59. The molecule has 1 aliphatic heterocycles. The lowest BCUT2D eigenvalue weighted by atomic mass is 9.71. The molecule has 1 heterocycles. The van der Waals surface area contributed by atoms with Crippen LogP contribution in [0.3, 0.4) is 0 Å². The molecule has 5 heteroatoms. The van der Waals surface area contributed by atoms with Gasteiger partial charge in [0.2, 0.25) is 0 Å². The van der Waals surface area contributed by atoms with E-state index in [0.29, 0.717) is 6.54 Å². The van der Waals surface area contributed by atoms with Crippen LogP contribution in [-0.4, -0.2) is 29.6 Å². The van der Waals surface area contributed by atoms with Gasteiger partial charge < -0.3 is 16.0 Å². The van der Waals surface area contributed by atoms with Crippen molar-refractivity contribution in [3.8, 4) is 0 Å². The molecule has 0 aromatic heterocycles. The van der Waals surface area contributed by atoms with Crippen molar-refractivity contribution in [1.29, 1.82) is 0 Å². The Balaban J connectivity index is 1.45. The van der Waals surface area contributed by atoms with Gasteiger partial charge in [0.15, 0.2) is 0 Å². The monoisotopic (exact) mass is 365 g/mol. The van der Waals surface area contributed by atoms with Crippen LogP contribution < -0.4 is 11.1 Å². The van der Waals surface area contributed by atoms with Gasteiger partial charge in [-0.1, -0.05) is 36.4 Å². The van der Waals surface area contributed by atoms with Crippen LogP contribution in [0.5, 0.6) is 0 Å². The highest BCUT2D eigenvalue weighted by molar-refractivity contribution is 5.77. The number of benzene rings is 2. The first kappa shape index (κ1) is 16.8. The predicted octanol–water partition coefficient (Wildman–Crippen LogP) is 3.36. The molecule has 2 saturated carbocycles. The van der Waals surface area contributed by atoms with Gasteiger partial charge >= 0.3 is 6.03 Å². The maximum absolute atomic E-state index is 13.5. The van der Waals surface area contributed by atoms with E-state index in [2.05, 4.69) is 17.4 Å². The summed E-state index contributed by atoms with van der Waals surface area (Å²) in [6, 6.07) is 14.9. The molecule has 0 bridgehead atoms. The van der Waals surface area contributed by atoms with Crippen LogP contribution in [0.1, 0.15) is 42.0 Å². The summed E-state index contributed by atoms with van der Waals surface area (Å²) in [5.41, 5.74) is 9.61. The van der Waals surface area contributed by atoms with Gasteiger partial charge in [0, 0.05) is 24.0 Å². The lowest BCUT2D eigenvalue weighted by molar-refractivity contribution is 0.124. The largest absolute Gasteiger partial charge is 0.335 e. The van der Waals surface area contributed by atoms with Gasteiger partial charge in [-0.05, 0) is 54.5 Å². The lowest BCUT2D eigenvalue weighted by Gasteiger charge is -2.46. The SMILES string of the molecule is N[C@H]1C[C@H](NC(=O)N2CCc3ccccc3[C@@H]2c2ccc(F)cc2)C12CC2. The molecule has 0 unspecified atom stereocenters. The number of nitrogens with one attached hydrogen (secondary N) is 1. The maximum atomic E-state index is 13.5. The number of hydrogen-bond acceptors (Lipinski definition) is 2. The van der Waals surface area contributed by atoms with E-state index in [1.165, 1.54) is 17.7 Å². The van der Waals surface area contributed by atoms with E-state index in [-0.39, 0.29) is 35.4 Å². The normalized spacial score (nSPS) is 27.6. The van der Waals surface area contributed by atoms with Gasteiger partial charge in [0.1, 0.15) is 5.82 Å². The average Bonchev–Trinajstić information content (AvgIpc) is 3.51. The first-order valence-electron chi connectivity index (χ1n) is 9.74. The molecule has 2 aromatic carbocycles. The molecule has 3 N–H and O–H groups in total. The summed E-state index contributed by atoms with van der Waals surface area (Å²) < 4.78 is 13.5. The molecule has 2 aromatic rings. The number of urea groups is 1. The van der Waals surface area contributed by atoms with E-state index in [4.69, 9.17) is 5.73 Å². The van der Waals surface area contributed by atoms with Crippen LogP contribution in [0.4, 0.5) is 9.18 Å². The summed E-state index contributed by atoms with van der Waals surface area (Å²) in [6.07, 6.45) is 3.92. The Hall–Kier alpha value is -2.40. The van der Waals surface area contributed by atoms with Crippen molar-refractivity contribution >= 4 is 6.03 Å². The van der Waals surface area contributed by atoms with E-state index in [0.717, 1.165) is 36.8 Å². The van der Waals surface area contributed by atoms with Crippen molar-refractivity contribution in [3.63, 3.8) is 0 Å². The van der Waals surface area contributed by atoms with Crippen LogP contribution in [0.25, 0.3) is 0 Å². The van der Waals surface area contributed by atoms with Gasteiger partial charge in [-0.3, -0.25) is 0 Å². The Morgan fingerprint density at radius 2 is 1.89 bits per heavy atom. The van der Waals surface area contributed by atoms with E-state index >= 15 is 0 Å². The summed E-state index contributed by atoms with van der Waals surface area (Å²) in [4.78, 5) is 15.1. The first-order chi connectivity index (χ1) is 13.1. The fourth-order valence-corrected chi connectivity index (χ4v) is 4.91. The highest BCUT2D eigenvalue weighted by Gasteiger charge is 2.62. The molecule has 4 nitrogen and oxygen atoms in total. The number of nitrogens with two attached hydrogens (primary N) is 1. The van der Waals surface area contributed by atoms with Crippen molar-refractivity contribution in [2.75, 3.05) is 6.54 Å². The lowest BCUT2D eigenvalue weighted by Crippen LogP contribution is -2.62. The Morgan fingerprint density at radius 3 is 2.59 bits per heavy atom. The molecule has 5 rings (SSSR count). The highest BCUT2D eigenvalue weighted by atomic mass is 19.1. The molecule has 2 fully saturated rings. The van der Waals surface area contributed by atoms with Gasteiger partial charge in [-0.25, -0.2) is 9.18 Å². The molecule has 27 heavy (non-hydrogen) atoms. The summed E-state index contributed by atoms with van der Waals surface area (Å²) in [5.74, 6) is -0.266. The Morgan fingerprint density at radius 1 is 1.15 bits per heavy atom. The molecule has 3 aliphatic rings. The van der Waals surface area contributed by atoms with Crippen LogP contribution in [0.2, 0.25) is 0 Å².